The highest BCUT2D eigenvalue weighted by molar-refractivity contribution is 5.47. The topological polar surface area (TPSA) is 72.3 Å². The number of nitrogens with zero attached hydrogens (tertiary/aromatic N) is 5. The number of rotatable bonds is 2. The molecule has 0 radical (unpaired) electrons. The van der Waals surface area contributed by atoms with E-state index in [2.05, 4.69) is 20.2 Å². The van der Waals surface area contributed by atoms with Crippen LogP contribution in [0.15, 0.2) is 18.5 Å². The van der Waals surface area contributed by atoms with Crippen molar-refractivity contribution in [1.29, 1.82) is 0 Å². The molecule has 1 unspecified atom stereocenters. The van der Waals surface area contributed by atoms with Gasteiger partial charge >= 0.3 is 0 Å². The van der Waals surface area contributed by atoms with Crippen LogP contribution in [0, 0.1) is 0 Å². The molecule has 1 fully saturated rings. The van der Waals surface area contributed by atoms with E-state index in [-0.39, 0.29) is 0 Å². The Morgan fingerprint density at radius 3 is 3.13 bits per heavy atom. The molecule has 6 heteroatoms. The Labute approximate surface area is 86.7 Å². The summed E-state index contributed by atoms with van der Waals surface area (Å²) in [5.74, 6) is 0.948. The van der Waals surface area contributed by atoms with E-state index < -0.39 is 0 Å². The lowest BCUT2D eigenvalue weighted by molar-refractivity contribution is 0.449. The third kappa shape index (κ3) is 1.25. The summed E-state index contributed by atoms with van der Waals surface area (Å²) in [7, 11) is 0. The van der Waals surface area contributed by atoms with E-state index in [1.807, 2.05) is 12.1 Å². The van der Waals surface area contributed by atoms with Crippen LogP contribution in [0.2, 0.25) is 0 Å². The van der Waals surface area contributed by atoms with Gasteiger partial charge in [-0.25, -0.2) is 0 Å². The zero-order valence-corrected chi connectivity index (χ0v) is 8.24. The highest BCUT2D eigenvalue weighted by atomic mass is 15.4. The summed E-state index contributed by atoms with van der Waals surface area (Å²) < 4.78 is 1.68. The van der Waals surface area contributed by atoms with Crippen LogP contribution in [-0.2, 0) is 0 Å². The summed E-state index contributed by atoms with van der Waals surface area (Å²) in [5.41, 5.74) is 6.42. The van der Waals surface area contributed by atoms with Crippen molar-refractivity contribution in [2.45, 2.75) is 12.5 Å². The molecule has 0 amide bonds. The first-order valence-corrected chi connectivity index (χ1v) is 5.02. The Bertz CT molecular complexity index is 476. The van der Waals surface area contributed by atoms with Crippen molar-refractivity contribution in [2.24, 2.45) is 5.73 Å². The Morgan fingerprint density at radius 1 is 1.47 bits per heavy atom. The van der Waals surface area contributed by atoms with Crippen molar-refractivity contribution in [3.63, 3.8) is 0 Å². The van der Waals surface area contributed by atoms with Gasteiger partial charge in [-0.05, 0) is 18.6 Å². The molecule has 78 valence electrons. The van der Waals surface area contributed by atoms with E-state index >= 15 is 0 Å². The monoisotopic (exact) mass is 204 g/mol. The van der Waals surface area contributed by atoms with Crippen molar-refractivity contribution >= 4 is 11.5 Å². The fourth-order valence-corrected chi connectivity index (χ4v) is 1.86. The summed E-state index contributed by atoms with van der Waals surface area (Å²) in [5, 5.41) is 12.1. The summed E-state index contributed by atoms with van der Waals surface area (Å²) in [6.45, 7) is 1.71. The first-order valence-electron chi connectivity index (χ1n) is 5.02. The first-order chi connectivity index (χ1) is 7.38. The summed E-state index contributed by atoms with van der Waals surface area (Å²) in [6.07, 6.45) is 2.76. The van der Waals surface area contributed by atoms with Gasteiger partial charge in [0.25, 0.3) is 0 Å². The number of hydrogen-bond acceptors (Lipinski definition) is 5. The van der Waals surface area contributed by atoms with Crippen LogP contribution >= 0.6 is 0 Å². The molecule has 6 nitrogen and oxygen atoms in total. The van der Waals surface area contributed by atoms with Crippen LogP contribution in [0.1, 0.15) is 6.42 Å². The molecule has 1 atom stereocenters. The molecule has 0 bridgehead atoms. The summed E-state index contributed by atoms with van der Waals surface area (Å²) in [4.78, 5) is 2.21. The average Bonchev–Trinajstić information content (AvgIpc) is 2.64. The molecular formula is C9H12N6. The van der Waals surface area contributed by atoms with Crippen LogP contribution < -0.4 is 10.6 Å². The minimum atomic E-state index is 0.437. The third-order valence-corrected chi connectivity index (χ3v) is 2.86. The van der Waals surface area contributed by atoms with Crippen LogP contribution in [0.5, 0.6) is 0 Å². The highest BCUT2D eigenvalue weighted by Gasteiger charge is 2.27. The van der Waals surface area contributed by atoms with Gasteiger partial charge < -0.3 is 10.6 Å². The molecule has 1 aliphatic rings. The minimum absolute atomic E-state index is 0.437. The second kappa shape index (κ2) is 3.16. The van der Waals surface area contributed by atoms with Crippen LogP contribution in [0.3, 0.4) is 0 Å². The molecule has 2 N–H and O–H groups in total. The van der Waals surface area contributed by atoms with E-state index in [4.69, 9.17) is 5.73 Å². The molecule has 2 aromatic heterocycles. The van der Waals surface area contributed by atoms with E-state index in [0.717, 1.165) is 24.4 Å². The molecule has 3 heterocycles. The van der Waals surface area contributed by atoms with Gasteiger partial charge in [-0.2, -0.15) is 4.52 Å². The van der Waals surface area contributed by atoms with E-state index in [1.165, 1.54) is 0 Å². The van der Waals surface area contributed by atoms with Gasteiger partial charge in [-0.1, -0.05) is 0 Å². The van der Waals surface area contributed by atoms with E-state index in [0.29, 0.717) is 12.6 Å². The Balaban J connectivity index is 1.97. The maximum Gasteiger partial charge on any atom is 0.177 e. The number of fused-ring (bicyclic) bond motifs is 1. The van der Waals surface area contributed by atoms with Crippen molar-refractivity contribution in [2.75, 3.05) is 18.0 Å². The predicted molar refractivity (Wildman–Crippen MR) is 55.6 cm³/mol. The van der Waals surface area contributed by atoms with Crippen molar-refractivity contribution in [3.8, 4) is 0 Å². The van der Waals surface area contributed by atoms with Crippen LogP contribution in [0.25, 0.3) is 5.65 Å². The maximum atomic E-state index is 5.65. The first kappa shape index (κ1) is 8.60. The van der Waals surface area contributed by atoms with E-state index in [1.54, 1.807) is 10.8 Å². The molecule has 0 spiro atoms. The number of nitrogens with two attached hydrogens (primary N) is 1. The third-order valence-electron chi connectivity index (χ3n) is 2.86. The maximum absolute atomic E-state index is 5.65. The quantitative estimate of drug-likeness (QED) is 0.724. The highest BCUT2D eigenvalue weighted by Crippen LogP contribution is 2.23. The molecule has 3 rings (SSSR count). The molecule has 0 saturated carbocycles. The summed E-state index contributed by atoms with van der Waals surface area (Å²) in [6, 6.07) is 4.32. The Kier molecular flexibility index (Phi) is 1.81. The predicted octanol–water partition coefficient (Wildman–Crippen LogP) is -0.338. The van der Waals surface area contributed by atoms with E-state index in [9.17, 15) is 0 Å². The lowest BCUT2D eigenvalue weighted by Gasteiger charge is -2.41. The SMILES string of the molecule is NCC1CCN1c1ccc2nncn2n1. The lowest BCUT2D eigenvalue weighted by atomic mass is 10.0. The van der Waals surface area contributed by atoms with Crippen molar-refractivity contribution < 1.29 is 0 Å². The minimum Gasteiger partial charge on any atom is -0.351 e. The molecule has 15 heavy (non-hydrogen) atoms. The molecule has 2 aromatic rings. The van der Waals surface area contributed by atoms with Gasteiger partial charge in [0.2, 0.25) is 0 Å². The molecule has 1 aliphatic heterocycles. The molecular weight excluding hydrogens is 192 g/mol. The standard InChI is InChI=1S/C9H12N6/c10-5-7-3-4-14(7)9-2-1-8-12-11-6-15(8)13-9/h1-2,6-7H,3-5,10H2. The van der Waals surface area contributed by atoms with Gasteiger partial charge in [0, 0.05) is 19.1 Å². The van der Waals surface area contributed by atoms with Gasteiger partial charge in [0.15, 0.2) is 5.65 Å². The second-order valence-electron chi connectivity index (χ2n) is 3.70. The lowest BCUT2D eigenvalue weighted by Crippen LogP contribution is -2.52. The van der Waals surface area contributed by atoms with Crippen molar-refractivity contribution in [1.82, 2.24) is 19.8 Å². The summed E-state index contributed by atoms with van der Waals surface area (Å²) >= 11 is 0. The zero-order valence-electron chi connectivity index (χ0n) is 8.24. The van der Waals surface area contributed by atoms with Gasteiger partial charge in [-0.3, -0.25) is 0 Å². The fraction of sp³-hybridized carbons (Fsp3) is 0.444. The van der Waals surface area contributed by atoms with Gasteiger partial charge in [-0.15, -0.1) is 15.3 Å². The largest absolute Gasteiger partial charge is 0.351 e. The number of aromatic nitrogens is 4. The Hall–Kier alpha value is -1.69. The van der Waals surface area contributed by atoms with Crippen molar-refractivity contribution in [3.05, 3.63) is 18.5 Å². The number of anilines is 1. The second-order valence-corrected chi connectivity index (χ2v) is 3.70. The van der Waals surface area contributed by atoms with Crippen LogP contribution in [0.4, 0.5) is 5.82 Å². The van der Waals surface area contributed by atoms with Crippen LogP contribution in [-0.4, -0.2) is 38.9 Å². The number of hydrogen-bond donors (Lipinski definition) is 1. The van der Waals surface area contributed by atoms with Gasteiger partial charge in [0.1, 0.15) is 12.1 Å². The smallest absolute Gasteiger partial charge is 0.177 e. The normalized spacial score (nSPS) is 20.6. The Morgan fingerprint density at radius 2 is 2.40 bits per heavy atom. The average molecular weight is 204 g/mol. The molecule has 1 saturated heterocycles. The molecule has 0 aliphatic carbocycles. The fourth-order valence-electron chi connectivity index (χ4n) is 1.86. The molecule has 0 aromatic carbocycles. The van der Waals surface area contributed by atoms with Gasteiger partial charge in [0.05, 0.1) is 0 Å². The zero-order chi connectivity index (χ0) is 10.3.